The molecule has 120 valence electrons. The zero-order valence-corrected chi connectivity index (χ0v) is 15.3. The molecule has 0 saturated carbocycles. The van der Waals surface area contributed by atoms with Crippen molar-refractivity contribution < 1.29 is 8.42 Å². The van der Waals surface area contributed by atoms with Crippen molar-refractivity contribution in [2.24, 2.45) is 0 Å². The van der Waals surface area contributed by atoms with Gasteiger partial charge in [-0.15, -0.1) is 11.3 Å². The molecular formula is C14H24N2O2S3. The third-order valence-corrected chi connectivity index (χ3v) is 8.26. The van der Waals surface area contributed by atoms with Crippen LogP contribution in [0.25, 0.3) is 0 Å². The van der Waals surface area contributed by atoms with Gasteiger partial charge in [-0.2, -0.15) is 16.1 Å². The predicted molar refractivity (Wildman–Crippen MR) is 91.6 cm³/mol. The first-order valence-corrected chi connectivity index (χ1v) is 10.7. The van der Waals surface area contributed by atoms with E-state index < -0.39 is 10.0 Å². The Morgan fingerprint density at radius 1 is 1.43 bits per heavy atom. The Bertz CT molecular complexity index is 554. The number of rotatable bonds is 6. The molecular weight excluding hydrogens is 324 g/mol. The van der Waals surface area contributed by atoms with Gasteiger partial charge in [0.05, 0.1) is 0 Å². The summed E-state index contributed by atoms with van der Waals surface area (Å²) >= 11 is 3.27. The lowest BCUT2D eigenvalue weighted by molar-refractivity contribution is 0.417. The fraction of sp³-hybridized carbons (Fsp3) is 0.714. The van der Waals surface area contributed by atoms with Crippen molar-refractivity contribution in [1.82, 2.24) is 9.62 Å². The first kappa shape index (κ1) is 17.3. The number of sulfonamides is 1. The molecule has 4 nitrogen and oxygen atoms in total. The molecule has 0 aliphatic carbocycles. The van der Waals surface area contributed by atoms with Crippen molar-refractivity contribution >= 4 is 33.1 Å². The van der Waals surface area contributed by atoms with Gasteiger partial charge in [-0.05, 0) is 18.6 Å². The van der Waals surface area contributed by atoms with Gasteiger partial charge in [0.25, 0.3) is 10.0 Å². The number of nitrogens with one attached hydrogen (secondary N) is 1. The lowest BCUT2D eigenvalue weighted by Crippen LogP contribution is -2.41. The maximum absolute atomic E-state index is 12.7. The molecule has 2 rings (SSSR count). The van der Waals surface area contributed by atoms with Crippen LogP contribution >= 0.6 is 23.1 Å². The van der Waals surface area contributed by atoms with Gasteiger partial charge in [-0.3, -0.25) is 0 Å². The van der Waals surface area contributed by atoms with E-state index in [4.69, 9.17) is 0 Å². The van der Waals surface area contributed by atoms with E-state index in [2.05, 4.69) is 26.1 Å². The molecule has 1 fully saturated rings. The topological polar surface area (TPSA) is 49.4 Å². The molecule has 21 heavy (non-hydrogen) atoms. The molecule has 1 saturated heterocycles. The van der Waals surface area contributed by atoms with Gasteiger partial charge in [0.1, 0.15) is 4.21 Å². The predicted octanol–water partition coefficient (Wildman–Crippen LogP) is 2.76. The van der Waals surface area contributed by atoms with Crippen LogP contribution in [0.1, 0.15) is 32.1 Å². The van der Waals surface area contributed by atoms with Crippen LogP contribution in [0.4, 0.5) is 0 Å². The highest BCUT2D eigenvalue weighted by molar-refractivity contribution is 8.00. The summed E-state index contributed by atoms with van der Waals surface area (Å²) in [6.45, 7) is 8.28. The van der Waals surface area contributed by atoms with Crippen LogP contribution in [0.15, 0.2) is 16.3 Å². The van der Waals surface area contributed by atoms with E-state index in [-0.39, 0.29) is 0 Å². The molecule has 1 aliphatic heterocycles. The molecule has 1 aliphatic rings. The smallest absolute Gasteiger partial charge is 0.252 e. The maximum Gasteiger partial charge on any atom is 0.252 e. The lowest BCUT2D eigenvalue weighted by atomic mass is 10.3. The highest BCUT2D eigenvalue weighted by Crippen LogP contribution is 2.29. The van der Waals surface area contributed by atoms with Crippen LogP contribution in [0.3, 0.4) is 0 Å². The number of hydrogen-bond acceptors (Lipinski definition) is 5. The molecule has 1 unspecified atom stereocenters. The van der Waals surface area contributed by atoms with Gasteiger partial charge in [0.15, 0.2) is 0 Å². The molecule has 1 N–H and O–H groups in total. The zero-order valence-electron chi connectivity index (χ0n) is 12.8. The van der Waals surface area contributed by atoms with Crippen LogP contribution in [0.5, 0.6) is 0 Å². The van der Waals surface area contributed by atoms with E-state index in [9.17, 15) is 8.42 Å². The summed E-state index contributed by atoms with van der Waals surface area (Å²) in [5.41, 5.74) is 0. The fourth-order valence-electron chi connectivity index (χ4n) is 2.18. The molecule has 0 aromatic carbocycles. The monoisotopic (exact) mass is 348 g/mol. The van der Waals surface area contributed by atoms with E-state index in [1.54, 1.807) is 10.4 Å². The second-order valence-electron chi connectivity index (χ2n) is 5.52. The van der Waals surface area contributed by atoms with E-state index in [0.717, 1.165) is 23.6 Å². The normalized spacial score (nSPS) is 21.0. The summed E-state index contributed by atoms with van der Waals surface area (Å²) in [6, 6.07) is 4.07. The molecule has 0 spiro atoms. The third-order valence-electron chi connectivity index (χ3n) is 3.47. The summed E-state index contributed by atoms with van der Waals surface area (Å²) in [6.07, 6.45) is 1.02. The zero-order chi connectivity index (χ0) is 15.5. The standard InChI is InChI=1S/C14H24N2O2S3/c1-4-12-10-16(7-8-19-12)21(17,18)14-6-5-13(20-14)9-15-11(2)3/h5-6,11-12,15H,4,7-10H2,1-3H3. The number of hydrogen-bond donors (Lipinski definition) is 1. The molecule has 2 heterocycles. The van der Waals surface area contributed by atoms with Gasteiger partial charge in [-0.1, -0.05) is 20.8 Å². The van der Waals surface area contributed by atoms with E-state index in [1.807, 2.05) is 17.8 Å². The number of thioether (sulfide) groups is 1. The van der Waals surface area contributed by atoms with Crippen LogP contribution in [0.2, 0.25) is 0 Å². The van der Waals surface area contributed by atoms with Crippen LogP contribution in [-0.2, 0) is 16.6 Å². The van der Waals surface area contributed by atoms with E-state index in [0.29, 0.717) is 28.6 Å². The molecule has 0 bridgehead atoms. The minimum atomic E-state index is -3.31. The Kier molecular flexibility index (Phi) is 6.14. The molecule has 0 radical (unpaired) electrons. The highest BCUT2D eigenvalue weighted by atomic mass is 32.2. The van der Waals surface area contributed by atoms with E-state index >= 15 is 0 Å². The van der Waals surface area contributed by atoms with Crippen molar-refractivity contribution in [2.45, 2.75) is 49.2 Å². The maximum atomic E-state index is 12.7. The summed E-state index contributed by atoms with van der Waals surface area (Å²) in [7, 11) is -3.31. The van der Waals surface area contributed by atoms with Gasteiger partial charge < -0.3 is 5.32 Å². The number of thiophene rings is 1. The van der Waals surface area contributed by atoms with Gasteiger partial charge in [-0.25, -0.2) is 8.42 Å². The van der Waals surface area contributed by atoms with E-state index in [1.165, 1.54) is 11.3 Å². The minimum absolute atomic E-state index is 0.400. The molecule has 1 aromatic rings. The van der Waals surface area contributed by atoms with Crippen molar-refractivity contribution in [3.05, 3.63) is 17.0 Å². The average molecular weight is 349 g/mol. The van der Waals surface area contributed by atoms with Crippen molar-refractivity contribution in [3.63, 3.8) is 0 Å². The van der Waals surface area contributed by atoms with Crippen molar-refractivity contribution in [2.75, 3.05) is 18.8 Å². The molecule has 0 amide bonds. The van der Waals surface area contributed by atoms with Gasteiger partial charge >= 0.3 is 0 Å². The number of nitrogens with zero attached hydrogens (tertiary/aromatic N) is 1. The minimum Gasteiger partial charge on any atom is -0.310 e. The van der Waals surface area contributed by atoms with Crippen molar-refractivity contribution in [3.8, 4) is 0 Å². The second-order valence-corrected chi connectivity index (χ2v) is 10.3. The highest BCUT2D eigenvalue weighted by Gasteiger charge is 2.30. The first-order chi connectivity index (χ1) is 9.93. The average Bonchev–Trinajstić information content (AvgIpc) is 2.95. The fourth-order valence-corrected chi connectivity index (χ4v) is 6.52. The lowest BCUT2D eigenvalue weighted by Gasteiger charge is -2.30. The molecule has 1 atom stereocenters. The Morgan fingerprint density at radius 2 is 2.19 bits per heavy atom. The first-order valence-electron chi connectivity index (χ1n) is 7.37. The Hall–Kier alpha value is -0.0800. The van der Waals surface area contributed by atoms with Crippen molar-refractivity contribution in [1.29, 1.82) is 0 Å². The third kappa shape index (κ3) is 4.45. The van der Waals surface area contributed by atoms with Crippen LogP contribution in [-0.4, -0.2) is 42.9 Å². The van der Waals surface area contributed by atoms with Gasteiger partial charge in [0.2, 0.25) is 0 Å². The summed E-state index contributed by atoms with van der Waals surface area (Å²) in [5.74, 6) is 0.894. The summed E-state index contributed by atoms with van der Waals surface area (Å²) in [4.78, 5) is 1.07. The van der Waals surface area contributed by atoms with Crippen LogP contribution < -0.4 is 5.32 Å². The van der Waals surface area contributed by atoms with Crippen LogP contribution in [0, 0.1) is 0 Å². The second kappa shape index (κ2) is 7.46. The SMILES string of the molecule is CCC1CN(S(=O)(=O)c2ccc(CNC(C)C)s2)CCS1. The Morgan fingerprint density at radius 3 is 2.86 bits per heavy atom. The summed E-state index contributed by atoms with van der Waals surface area (Å²) in [5, 5.41) is 3.75. The Labute approximate surface area is 136 Å². The summed E-state index contributed by atoms with van der Waals surface area (Å²) < 4.78 is 27.5. The Balaban J connectivity index is 2.08. The van der Waals surface area contributed by atoms with Gasteiger partial charge in [0, 0.05) is 41.6 Å². The molecule has 7 heteroatoms. The molecule has 1 aromatic heterocycles. The quantitative estimate of drug-likeness (QED) is 0.859. The largest absolute Gasteiger partial charge is 0.310 e.